The summed E-state index contributed by atoms with van der Waals surface area (Å²) < 4.78 is 17.2. The highest BCUT2D eigenvalue weighted by Crippen LogP contribution is 2.23. The van der Waals surface area contributed by atoms with Crippen molar-refractivity contribution in [2.75, 3.05) is 26.4 Å². The Morgan fingerprint density at radius 2 is 1.11 bits per heavy atom. The van der Waals surface area contributed by atoms with Crippen LogP contribution in [0.3, 0.4) is 0 Å². The van der Waals surface area contributed by atoms with E-state index in [1.165, 1.54) is 96.3 Å². The smallest absolute Gasteiger partial charge is 0.306 e. The van der Waals surface area contributed by atoms with Crippen LogP contribution >= 0.6 is 0 Å². The molecule has 4 atom stereocenters. The maximum Gasteiger partial charge on any atom is 0.306 e. The number of ether oxygens (including phenoxy) is 3. The van der Waals surface area contributed by atoms with E-state index in [2.05, 4.69) is 54.5 Å². The van der Waals surface area contributed by atoms with Gasteiger partial charge in [-0.25, -0.2) is 0 Å². The number of hydrogen-bond acceptors (Lipinski definition) is 4. The lowest BCUT2D eigenvalue weighted by molar-refractivity contribution is -0.142. The zero-order valence-corrected chi connectivity index (χ0v) is 32.3. The molecule has 4 heteroatoms. The van der Waals surface area contributed by atoms with Gasteiger partial charge in [0.15, 0.2) is 0 Å². The number of hydrogen-bond donors (Lipinski definition) is 0. The summed E-state index contributed by atoms with van der Waals surface area (Å²) in [6, 6.07) is 0. The number of unbranched alkanes of at least 4 members (excludes halogenated alkanes) is 10. The van der Waals surface area contributed by atoms with E-state index in [0.29, 0.717) is 19.6 Å². The Kier molecular flexibility index (Phi) is 33.4. The molecule has 0 saturated heterocycles. The molecule has 0 aromatic carbocycles. The van der Waals surface area contributed by atoms with Crippen LogP contribution in [0.1, 0.15) is 196 Å². The van der Waals surface area contributed by atoms with Crippen LogP contribution < -0.4 is 0 Å². The molecule has 46 heavy (non-hydrogen) atoms. The van der Waals surface area contributed by atoms with Gasteiger partial charge in [-0.15, -0.1) is 0 Å². The molecule has 0 aliphatic carbocycles. The summed E-state index contributed by atoms with van der Waals surface area (Å²) >= 11 is 0. The van der Waals surface area contributed by atoms with Crippen molar-refractivity contribution >= 4 is 5.97 Å². The monoisotopic (exact) mass is 651 g/mol. The quantitative estimate of drug-likeness (QED) is 0.0389. The second-order valence-corrected chi connectivity index (χ2v) is 15.3. The fourth-order valence-electron chi connectivity index (χ4n) is 6.15. The first-order chi connectivity index (χ1) is 22.2. The maximum atomic E-state index is 11.9. The van der Waals surface area contributed by atoms with E-state index in [1.54, 1.807) is 0 Å². The van der Waals surface area contributed by atoms with Gasteiger partial charge >= 0.3 is 5.97 Å². The maximum absolute atomic E-state index is 11.9. The fraction of sp³-hybridized carbons (Fsp3) is 0.929. The molecular weight excluding hydrogens is 568 g/mol. The summed E-state index contributed by atoms with van der Waals surface area (Å²) in [5.41, 5.74) is 0. The molecule has 0 aromatic heterocycles. The zero-order chi connectivity index (χ0) is 34.1. The molecule has 0 spiro atoms. The van der Waals surface area contributed by atoms with E-state index in [4.69, 9.17) is 14.2 Å². The highest BCUT2D eigenvalue weighted by molar-refractivity contribution is 5.69. The van der Waals surface area contributed by atoms with Crippen LogP contribution in [0, 0.1) is 23.7 Å². The lowest BCUT2D eigenvalue weighted by Gasteiger charge is -2.17. The zero-order valence-electron chi connectivity index (χ0n) is 32.3. The molecule has 4 nitrogen and oxygen atoms in total. The topological polar surface area (TPSA) is 44.8 Å². The average Bonchev–Trinajstić information content (AvgIpc) is 3.01. The molecule has 0 saturated carbocycles. The van der Waals surface area contributed by atoms with Crippen molar-refractivity contribution in [2.45, 2.75) is 202 Å². The first-order valence-corrected chi connectivity index (χ1v) is 20.2. The standard InChI is InChI=1S/C42H82O4/c1-8-9-10-11-12-13-14-18-21-34-46-42(43)31-19-16-15-17-20-33-44-36-41(7)45-35-32-40(6)30-24-29-39(5)28-23-27-38(4)26-22-25-37(2)3/h18,21,37-41H,8-17,19-20,22-36H2,1-7H3/b21-18-/t38-,39-,40?,41?/m1/s1. The first-order valence-electron chi connectivity index (χ1n) is 20.2. The Morgan fingerprint density at radius 1 is 0.565 bits per heavy atom. The summed E-state index contributed by atoms with van der Waals surface area (Å²) in [4.78, 5) is 11.9. The normalized spacial score (nSPS) is 14.6. The van der Waals surface area contributed by atoms with E-state index in [0.717, 1.165) is 81.8 Å². The van der Waals surface area contributed by atoms with Crippen molar-refractivity contribution < 1.29 is 19.0 Å². The summed E-state index contributed by atoms with van der Waals surface area (Å²) in [5.74, 6) is 3.29. The van der Waals surface area contributed by atoms with Crippen molar-refractivity contribution in [3.8, 4) is 0 Å². The largest absolute Gasteiger partial charge is 0.461 e. The van der Waals surface area contributed by atoms with Gasteiger partial charge in [-0.3, -0.25) is 4.79 Å². The van der Waals surface area contributed by atoms with Gasteiger partial charge in [0, 0.05) is 19.6 Å². The third-order valence-corrected chi connectivity index (χ3v) is 9.53. The Balaban J connectivity index is 3.50. The SMILES string of the molecule is CCCCCCCC/C=C\COC(=O)CCCCCCCOCC(C)OCCC(C)CCC[C@H](C)CCC[C@H](C)CCCC(C)C. The van der Waals surface area contributed by atoms with Gasteiger partial charge in [0.05, 0.1) is 12.7 Å². The van der Waals surface area contributed by atoms with E-state index in [1.807, 2.05) is 6.08 Å². The minimum Gasteiger partial charge on any atom is -0.461 e. The second-order valence-electron chi connectivity index (χ2n) is 15.3. The number of carbonyl (C=O) groups is 1. The molecule has 0 rings (SSSR count). The van der Waals surface area contributed by atoms with Gasteiger partial charge in [-0.2, -0.15) is 0 Å². The molecule has 274 valence electrons. The Hall–Kier alpha value is -0.870. The van der Waals surface area contributed by atoms with Gasteiger partial charge in [0.2, 0.25) is 0 Å². The number of allylic oxidation sites excluding steroid dienone is 1. The average molecular weight is 651 g/mol. The van der Waals surface area contributed by atoms with Crippen molar-refractivity contribution in [2.24, 2.45) is 23.7 Å². The van der Waals surface area contributed by atoms with Crippen LogP contribution in [-0.4, -0.2) is 38.5 Å². The summed E-state index contributed by atoms with van der Waals surface area (Å²) in [6.07, 6.45) is 32.9. The third-order valence-electron chi connectivity index (χ3n) is 9.53. The summed E-state index contributed by atoms with van der Waals surface area (Å²) in [7, 11) is 0. The lowest BCUT2D eigenvalue weighted by atomic mass is 9.91. The minimum absolute atomic E-state index is 0.0656. The Labute approximate surface area is 289 Å². The van der Waals surface area contributed by atoms with Crippen LogP contribution in [0.25, 0.3) is 0 Å². The molecule has 0 bridgehead atoms. The molecule has 0 radical (unpaired) electrons. The first kappa shape index (κ1) is 45.1. The van der Waals surface area contributed by atoms with Gasteiger partial charge in [0.25, 0.3) is 0 Å². The molecule has 0 aromatic rings. The van der Waals surface area contributed by atoms with Gasteiger partial charge < -0.3 is 14.2 Å². The summed E-state index contributed by atoms with van der Waals surface area (Å²) in [5, 5.41) is 0. The van der Waals surface area contributed by atoms with Crippen molar-refractivity contribution in [3.63, 3.8) is 0 Å². The van der Waals surface area contributed by atoms with Crippen LogP contribution in [0.4, 0.5) is 0 Å². The number of esters is 1. The van der Waals surface area contributed by atoms with Crippen molar-refractivity contribution in [3.05, 3.63) is 12.2 Å². The van der Waals surface area contributed by atoms with Crippen molar-refractivity contribution in [1.82, 2.24) is 0 Å². The fourth-order valence-corrected chi connectivity index (χ4v) is 6.15. The number of carbonyl (C=O) groups excluding carboxylic acids is 1. The Bertz CT molecular complexity index is 660. The highest BCUT2D eigenvalue weighted by atomic mass is 16.5. The highest BCUT2D eigenvalue weighted by Gasteiger charge is 2.09. The number of rotatable bonds is 35. The van der Waals surface area contributed by atoms with E-state index < -0.39 is 0 Å². The molecule has 0 aliphatic heterocycles. The molecule has 2 unspecified atom stereocenters. The van der Waals surface area contributed by atoms with Crippen molar-refractivity contribution in [1.29, 1.82) is 0 Å². The minimum atomic E-state index is -0.0656. The van der Waals surface area contributed by atoms with Crippen LogP contribution in [0.15, 0.2) is 12.2 Å². The molecule has 0 N–H and O–H groups in total. The van der Waals surface area contributed by atoms with E-state index in [-0.39, 0.29) is 12.1 Å². The van der Waals surface area contributed by atoms with Gasteiger partial charge in [-0.05, 0) is 62.7 Å². The van der Waals surface area contributed by atoms with Crippen LogP contribution in [0.5, 0.6) is 0 Å². The predicted octanol–water partition coefficient (Wildman–Crippen LogP) is 13.1. The second kappa shape index (κ2) is 34.0. The van der Waals surface area contributed by atoms with Crippen LogP contribution in [0.2, 0.25) is 0 Å². The van der Waals surface area contributed by atoms with Gasteiger partial charge in [0.1, 0.15) is 6.61 Å². The molecule has 0 amide bonds. The lowest BCUT2D eigenvalue weighted by Crippen LogP contribution is -2.18. The van der Waals surface area contributed by atoms with E-state index in [9.17, 15) is 4.79 Å². The molecule has 0 heterocycles. The van der Waals surface area contributed by atoms with Gasteiger partial charge in [-0.1, -0.05) is 163 Å². The summed E-state index contributed by atoms with van der Waals surface area (Å²) in [6.45, 7) is 19.1. The Morgan fingerprint density at radius 3 is 1.74 bits per heavy atom. The van der Waals surface area contributed by atoms with E-state index >= 15 is 0 Å². The third kappa shape index (κ3) is 34.5. The predicted molar refractivity (Wildman–Crippen MR) is 201 cm³/mol. The molecular formula is C42H82O4. The molecule has 0 fully saturated rings. The van der Waals surface area contributed by atoms with Crippen LogP contribution in [-0.2, 0) is 19.0 Å². The molecule has 0 aliphatic rings.